The molecule has 4 nitrogen and oxygen atoms in total. The molecule has 2 heterocycles. The number of H-pyrrole nitrogens is 1. The van der Waals surface area contributed by atoms with Gasteiger partial charge in [-0.05, 0) is 66.3 Å². The highest BCUT2D eigenvalue weighted by atomic mass is 32.2. The van der Waals surface area contributed by atoms with Gasteiger partial charge < -0.3 is 10.3 Å². The number of anilines is 1. The number of aryl methyl sites for hydroxylation is 2. The molecular formula is C24H21N3OS. The Morgan fingerprint density at radius 2 is 2.03 bits per heavy atom. The Balaban J connectivity index is 1.41. The predicted octanol–water partition coefficient (Wildman–Crippen LogP) is 5.60. The number of carbonyl (C=O) groups excluding carboxylic acids is 1. The first kappa shape index (κ1) is 18.0. The van der Waals surface area contributed by atoms with E-state index in [0.29, 0.717) is 5.56 Å². The summed E-state index contributed by atoms with van der Waals surface area (Å²) in [6.45, 7) is 0. The van der Waals surface area contributed by atoms with Crippen molar-refractivity contribution in [1.82, 2.24) is 9.97 Å². The third kappa shape index (κ3) is 3.66. The van der Waals surface area contributed by atoms with Crippen LogP contribution in [0.4, 0.5) is 5.69 Å². The molecule has 0 saturated heterocycles. The van der Waals surface area contributed by atoms with E-state index in [0.717, 1.165) is 45.6 Å². The maximum absolute atomic E-state index is 13.1. The standard InChI is InChI=1S/C24H21N3OS/c28-24(27-19-10-9-17-5-1-6-18(17)12-19)20-14-26-21-7-2-8-22(23(20)21)29-15-16-4-3-11-25-13-16/h2-4,7-14,26H,1,5-6,15H2,(H,27,28). The molecule has 1 aliphatic carbocycles. The van der Waals surface area contributed by atoms with Gasteiger partial charge >= 0.3 is 0 Å². The van der Waals surface area contributed by atoms with Crippen molar-refractivity contribution in [2.45, 2.75) is 29.9 Å². The zero-order valence-electron chi connectivity index (χ0n) is 15.9. The Labute approximate surface area is 173 Å². The lowest BCUT2D eigenvalue weighted by Crippen LogP contribution is -2.11. The average Bonchev–Trinajstić information content (AvgIpc) is 3.40. The SMILES string of the molecule is O=C(Nc1ccc2c(c1)CCC2)c1c[nH]c2cccc(SCc3cccnc3)c12. The molecule has 2 N–H and O–H groups in total. The van der Waals surface area contributed by atoms with E-state index in [1.54, 1.807) is 18.0 Å². The van der Waals surface area contributed by atoms with Crippen LogP contribution in [-0.4, -0.2) is 15.9 Å². The number of rotatable bonds is 5. The van der Waals surface area contributed by atoms with Crippen molar-refractivity contribution >= 4 is 34.3 Å². The van der Waals surface area contributed by atoms with Gasteiger partial charge in [-0.15, -0.1) is 11.8 Å². The minimum absolute atomic E-state index is 0.0800. The minimum Gasteiger partial charge on any atom is -0.360 e. The summed E-state index contributed by atoms with van der Waals surface area (Å²) in [5, 5.41) is 4.06. The second-order valence-corrected chi connectivity index (χ2v) is 8.34. The Morgan fingerprint density at radius 1 is 1.10 bits per heavy atom. The van der Waals surface area contributed by atoms with Gasteiger partial charge in [0.15, 0.2) is 0 Å². The number of benzene rings is 2. The number of hydrogen-bond donors (Lipinski definition) is 2. The van der Waals surface area contributed by atoms with Crippen LogP contribution in [0.5, 0.6) is 0 Å². The van der Waals surface area contributed by atoms with Crippen molar-refractivity contribution in [3.63, 3.8) is 0 Å². The zero-order chi connectivity index (χ0) is 19.6. The van der Waals surface area contributed by atoms with E-state index < -0.39 is 0 Å². The number of carbonyl (C=O) groups is 1. The van der Waals surface area contributed by atoms with Gasteiger partial charge in [0.05, 0.1) is 5.56 Å². The number of pyridine rings is 1. The summed E-state index contributed by atoms with van der Waals surface area (Å²) >= 11 is 1.72. The molecule has 0 aliphatic heterocycles. The highest BCUT2D eigenvalue weighted by Gasteiger charge is 2.17. The molecule has 0 radical (unpaired) electrons. The van der Waals surface area contributed by atoms with Crippen LogP contribution in [-0.2, 0) is 18.6 Å². The first-order valence-electron chi connectivity index (χ1n) is 9.83. The maximum atomic E-state index is 13.1. The summed E-state index contributed by atoms with van der Waals surface area (Å²) in [5.41, 5.74) is 6.44. The lowest BCUT2D eigenvalue weighted by molar-refractivity contribution is 0.102. The van der Waals surface area contributed by atoms with Crippen LogP contribution in [0.3, 0.4) is 0 Å². The van der Waals surface area contributed by atoms with Crippen LogP contribution < -0.4 is 5.32 Å². The molecular weight excluding hydrogens is 378 g/mol. The molecule has 2 aromatic heterocycles. The lowest BCUT2D eigenvalue weighted by atomic mass is 10.1. The molecule has 4 aromatic rings. The minimum atomic E-state index is -0.0800. The largest absolute Gasteiger partial charge is 0.360 e. The smallest absolute Gasteiger partial charge is 0.257 e. The van der Waals surface area contributed by atoms with Gasteiger partial charge in [0, 0.05) is 45.8 Å². The van der Waals surface area contributed by atoms with Crippen LogP contribution in [0.2, 0.25) is 0 Å². The highest BCUT2D eigenvalue weighted by molar-refractivity contribution is 7.98. The van der Waals surface area contributed by atoms with Crippen molar-refractivity contribution in [2.24, 2.45) is 0 Å². The van der Waals surface area contributed by atoms with E-state index in [2.05, 4.69) is 39.6 Å². The fourth-order valence-corrected chi connectivity index (χ4v) is 4.98. The normalized spacial score (nSPS) is 12.8. The Morgan fingerprint density at radius 3 is 2.93 bits per heavy atom. The van der Waals surface area contributed by atoms with Gasteiger partial charge in [-0.1, -0.05) is 18.2 Å². The Hall–Kier alpha value is -3.05. The molecule has 29 heavy (non-hydrogen) atoms. The van der Waals surface area contributed by atoms with Gasteiger partial charge in [-0.2, -0.15) is 0 Å². The summed E-state index contributed by atoms with van der Waals surface area (Å²) in [5.74, 6) is 0.730. The van der Waals surface area contributed by atoms with Gasteiger partial charge in [-0.3, -0.25) is 9.78 Å². The van der Waals surface area contributed by atoms with Crippen molar-refractivity contribution in [3.05, 3.63) is 89.4 Å². The molecule has 5 heteroatoms. The number of hydrogen-bond acceptors (Lipinski definition) is 3. The lowest BCUT2D eigenvalue weighted by Gasteiger charge is -2.09. The molecule has 0 bridgehead atoms. The Kier molecular flexibility index (Phi) is 4.82. The number of fused-ring (bicyclic) bond motifs is 2. The quantitative estimate of drug-likeness (QED) is 0.430. The third-order valence-electron chi connectivity index (χ3n) is 5.39. The van der Waals surface area contributed by atoms with Gasteiger partial charge in [-0.25, -0.2) is 0 Å². The number of nitrogens with one attached hydrogen (secondary N) is 2. The van der Waals surface area contributed by atoms with E-state index in [1.165, 1.54) is 17.5 Å². The number of nitrogens with zero attached hydrogens (tertiary/aromatic N) is 1. The molecule has 1 amide bonds. The van der Waals surface area contributed by atoms with Gasteiger partial charge in [0.25, 0.3) is 5.91 Å². The van der Waals surface area contributed by atoms with E-state index in [9.17, 15) is 4.79 Å². The Bertz CT molecular complexity index is 1180. The number of aromatic amines is 1. The van der Waals surface area contributed by atoms with Gasteiger partial charge in [0.1, 0.15) is 0 Å². The number of aromatic nitrogens is 2. The fourth-order valence-electron chi connectivity index (χ4n) is 3.94. The van der Waals surface area contributed by atoms with Crippen molar-refractivity contribution < 1.29 is 4.79 Å². The molecule has 1 aliphatic rings. The van der Waals surface area contributed by atoms with E-state index in [1.807, 2.05) is 36.7 Å². The summed E-state index contributed by atoms with van der Waals surface area (Å²) < 4.78 is 0. The van der Waals surface area contributed by atoms with Crippen molar-refractivity contribution in [3.8, 4) is 0 Å². The summed E-state index contributed by atoms with van der Waals surface area (Å²) in [7, 11) is 0. The molecule has 0 unspecified atom stereocenters. The van der Waals surface area contributed by atoms with Crippen molar-refractivity contribution in [1.29, 1.82) is 0 Å². The van der Waals surface area contributed by atoms with E-state index in [4.69, 9.17) is 0 Å². The van der Waals surface area contributed by atoms with E-state index in [-0.39, 0.29) is 5.91 Å². The van der Waals surface area contributed by atoms with Crippen LogP contribution in [0.1, 0.15) is 33.5 Å². The second kappa shape index (κ2) is 7.76. The first-order valence-corrected chi connectivity index (χ1v) is 10.8. The zero-order valence-corrected chi connectivity index (χ0v) is 16.8. The first-order chi connectivity index (χ1) is 14.3. The predicted molar refractivity (Wildman–Crippen MR) is 119 cm³/mol. The van der Waals surface area contributed by atoms with Crippen molar-refractivity contribution in [2.75, 3.05) is 5.32 Å². The molecule has 0 spiro atoms. The fraction of sp³-hybridized carbons (Fsp3) is 0.167. The number of thioether (sulfide) groups is 1. The van der Waals surface area contributed by atoms with Gasteiger partial charge in [0.2, 0.25) is 0 Å². The third-order valence-corrected chi connectivity index (χ3v) is 6.51. The molecule has 2 aromatic carbocycles. The summed E-state index contributed by atoms with van der Waals surface area (Å²) in [6, 6.07) is 16.4. The second-order valence-electron chi connectivity index (χ2n) is 7.32. The monoisotopic (exact) mass is 399 g/mol. The van der Waals surface area contributed by atoms with Crippen LogP contribution in [0.15, 0.2) is 72.0 Å². The maximum Gasteiger partial charge on any atom is 0.257 e. The molecule has 0 atom stereocenters. The van der Waals surface area contributed by atoms with E-state index >= 15 is 0 Å². The number of amides is 1. The molecule has 5 rings (SSSR count). The molecule has 0 fully saturated rings. The van der Waals surface area contributed by atoms with Crippen LogP contribution in [0, 0.1) is 0 Å². The summed E-state index contributed by atoms with van der Waals surface area (Å²) in [6.07, 6.45) is 8.91. The van der Waals surface area contributed by atoms with Crippen LogP contribution >= 0.6 is 11.8 Å². The summed E-state index contributed by atoms with van der Waals surface area (Å²) in [4.78, 5) is 21.6. The molecule has 0 saturated carbocycles. The average molecular weight is 400 g/mol. The highest BCUT2D eigenvalue weighted by Crippen LogP contribution is 2.33. The molecule has 144 valence electrons. The topological polar surface area (TPSA) is 57.8 Å². The van der Waals surface area contributed by atoms with Crippen LogP contribution in [0.25, 0.3) is 10.9 Å².